The normalized spacial score (nSPS) is 55.6. The lowest BCUT2D eigenvalue weighted by Gasteiger charge is -2.63. The molecular formula is C22H36O3. The molecule has 0 unspecified atom stereocenters. The van der Waals surface area contributed by atoms with Crippen LogP contribution >= 0.6 is 0 Å². The van der Waals surface area contributed by atoms with E-state index in [0.29, 0.717) is 35.5 Å². The van der Waals surface area contributed by atoms with E-state index in [-0.39, 0.29) is 17.6 Å². The molecule has 0 spiro atoms. The maximum Gasteiger partial charge on any atom is 0.165 e. The molecule has 0 heterocycles. The molecule has 0 aliphatic heterocycles. The minimum absolute atomic E-state index is 0.0206. The molecule has 3 nitrogen and oxygen atoms in total. The first-order chi connectivity index (χ1) is 11.6. The number of rotatable bonds is 1. The maximum atomic E-state index is 13.1. The molecule has 0 saturated heterocycles. The first kappa shape index (κ1) is 18.0. The fraction of sp³-hybridized carbons (Fsp3) is 0.955. The van der Waals surface area contributed by atoms with E-state index in [2.05, 4.69) is 27.7 Å². The van der Waals surface area contributed by atoms with Crippen molar-refractivity contribution in [3.05, 3.63) is 0 Å². The van der Waals surface area contributed by atoms with Gasteiger partial charge >= 0.3 is 0 Å². The zero-order valence-electron chi connectivity index (χ0n) is 16.4. The molecule has 3 heteroatoms. The Morgan fingerprint density at radius 3 is 2.44 bits per heavy atom. The molecule has 2 N–H and O–H groups in total. The van der Waals surface area contributed by atoms with Gasteiger partial charge in [0.2, 0.25) is 0 Å². The van der Waals surface area contributed by atoms with Crippen LogP contribution in [0.3, 0.4) is 0 Å². The van der Waals surface area contributed by atoms with E-state index in [1.54, 1.807) is 0 Å². The largest absolute Gasteiger partial charge is 0.393 e. The predicted molar refractivity (Wildman–Crippen MR) is 97.9 cm³/mol. The molecule has 142 valence electrons. The third-order valence-corrected chi connectivity index (χ3v) is 9.49. The number of carbonyl (C=O) groups is 1. The van der Waals surface area contributed by atoms with Crippen molar-refractivity contribution in [2.75, 3.05) is 0 Å². The van der Waals surface area contributed by atoms with Crippen LogP contribution in [-0.4, -0.2) is 27.7 Å². The molecule has 0 amide bonds. The quantitative estimate of drug-likeness (QED) is 0.754. The Kier molecular flexibility index (Phi) is 3.99. The standard InChI is InChI=1S/C22H36O3/c1-13(2)16-5-6-17-15-11-19(24)22(25)12-14(23)7-10-21(22,4)18(15)8-9-20(16,17)3/h13-18,23,25H,5-12H2,1-4H3/t14-,15-,16+,17-,18-,20+,21+,22-/m0/s1. The molecule has 8 atom stereocenters. The highest BCUT2D eigenvalue weighted by Gasteiger charge is 2.67. The van der Waals surface area contributed by atoms with Gasteiger partial charge in [0, 0.05) is 18.3 Å². The molecule has 4 aliphatic carbocycles. The molecular weight excluding hydrogens is 312 g/mol. The Morgan fingerprint density at radius 2 is 1.76 bits per heavy atom. The van der Waals surface area contributed by atoms with Gasteiger partial charge in [-0.15, -0.1) is 0 Å². The molecule has 0 aromatic carbocycles. The number of aliphatic hydroxyl groups is 2. The molecule has 0 bridgehead atoms. The third kappa shape index (κ3) is 2.21. The molecule has 0 aromatic heterocycles. The number of Topliss-reactive ketones (excluding diaryl/α,β-unsaturated/α-hetero) is 1. The minimum Gasteiger partial charge on any atom is -0.393 e. The summed E-state index contributed by atoms with van der Waals surface area (Å²) in [4.78, 5) is 13.1. The van der Waals surface area contributed by atoms with E-state index >= 15 is 0 Å². The van der Waals surface area contributed by atoms with Crippen molar-refractivity contribution < 1.29 is 15.0 Å². The molecule has 25 heavy (non-hydrogen) atoms. The summed E-state index contributed by atoms with van der Waals surface area (Å²) in [7, 11) is 0. The van der Waals surface area contributed by atoms with E-state index in [1.807, 2.05) is 0 Å². The van der Waals surface area contributed by atoms with E-state index < -0.39 is 11.7 Å². The van der Waals surface area contributed by atoms with Crippen molar-refractivity contribution in [2.24, 2.45) is 40.4 Å². The van der Waals surface area contributed by atoms with Gasteiger partial charge in [-0.05, 0) is 73.5 Å². The maximum absolute atomic E-state index is 13.1. The summed E-state index contributed by atoms with van der Waals surface area (Å²) in [5, 5.41) is 21.5. The van der Waals surface area contributed by atoms with Crippen LogP contribution < -0.4 is 0 Å². The number of ketones is 1. The van der Waals surface area contributed by atoms with Gasteiger partial charge in [-0.25, -0.2) is 0 Å². The van der Waals surface area contributed by atoms with Gasteiger partial charge in [0.15, 0.2) is 5.78 Å². The van der Waals surface area contributed by atoms with E-state index in [1.165, 1.54) is 19.3 Å². The van der Waals surface area contributed by atoms with Crippen LogP contribution in [0.25, 0.3) is 0 Å². The molecule has 4 aliphatic rings. The van der Waals surface area contributed by atoms with Gasteiger partial charge < -0.3 is 10.2 Å². The molecule has 4 saturated carbocycles. The monoisotopic (exact) mass is 348 g/mol. The molecule has 4 rings (SSSR count). The van der Waals surface area contributed by atoms with Crippen molar-refractivity contribution in [1.82, 2.24) is 0 Å². The van der Waals surface area contributed by atoms with Crippen LogP contribution in [0.15, 0.2) is 0 Å². The minimum atomic E-state index is -1.30. The number of carbonyl (C=O) groups excluding carboxylic acids is 1. The van der Waals surface area contributed by atoms with Gasteiger partial charge in [-0.3, -0.25) is 4.79 Å². The van der Waals surface area contributed by atoms with E-state index in [0.717, 1.165) is 25.2 Å². The van der Waals surface area contributed by atoms with Crippen LogP contribution in [0, 0.1) is 40.4 Å². The van der Waals surface area contributed by atoms with Crippen LogP contribution in [0.2, 0.25) is 0 Å². The van der Waals surface area contributed by atoms with Gasteiger partial charge in [-0.1, -0.05) is 27.7 Å². The van der Waals surface area contributed by atoms with Gasteiger partial charge in [0.1, 0.15) is 5.60 Å². The molecule has 4 fully saturated rings. The molecule has 0 radical (unpaired) electrons. The summed E-state index contributed by atoms with van der Waals surface area (Å²) < 4.78 is 0. The van der Waals surface area contributed by atoms with Gasteiger partial charge in [0.25, 0.3) is 0 Å². The predicted octanol–water partition coefficient (Wildman–Crippen LogP) is 3.96. The van der Waals surface area contributed by atoms with Gasteiger partial charge in [-0.2, -0.15) is 0 Å². The number of hydrogen-bond acceptors (Lipinski definition) is 3. The van der Waals surface area contributed by atoms with Crippen LogP contribution in [0.5, 0.6) is 0 Å². The van der Waals surface area contributed by atoms with Crippen molar-refractivity contribution >= 4 is 5.78 Å². The summed E-state index contributed by atoms with van der Waals surface area (Å²) in [6.07, 6.45) is 6.72. The second-order valence-corrected chi connectivity index (χ2v) is 10.7. The Balaban J connectivity index is 1.70. The Labute approximate surface area is 152 Å². The highest BCUT2D eigenvalue weighted by Crippen LogP contribution is 2.68. The third-order valence-electron chi connectivity index (χ3n) is 9.49. The van der Waals surface area contributed by atoms with Crippen molar-refractivity contribution in [3.63, 3.8) is 0 Å². The van der Waals surface area contributed by atoms with Crippen LogP contribution in [0.1, 0.15) is 79.1 Å². The lowest BCUT2D eigenvalue weighted by Crippen LogP contribution is -2.67. The van der Waals surface area contributed by atoms with Crippen molar-refractivity contribution in [1.29, 1.82) is 0 Å². The highest BCUT2D eigenvalue weighted by atomic mass is 16.3. The number of fused-ring (bicyclic) bond motifs is 5. The van der Waals surface area contributed by atoms with Gasteiger partial charge in [0.05, 0.1) is 6.10 Å². The zero-order valence-corrected chi connectivity index (χ0v) is 16.4. The summed E-state index contributed by atoms with van der Waals surface area (Å²) in [5.41, 5.74) is -1.27. The van der Waals surface area contributed by atoms with E-state index in [9.17, 15) is 15.0 Å². The lowest BCUT2D eigenvalue weighted by molar-refractivity contribution is -0.213. The fourth-order valence-electron chi connectivity index (χ4n) is 8.16. The van der Waals surface area contributed by atoms with Crippen molar-refractivity contribution in [2.45, 2.75) is 90.8 Å². The van der Waals surface area contributed by atoms with Crippen molar-refractivity contribution in [3.8, 4) is 0 Å². The summed E-state index contributed by atoms with van der Waals surface area (Å²) in [6, 6.07) is 0. The Morgan fingerprint density at radius 1 is 1.04 bits per heavy atom. The first-order valence-electron chi connectivity index (χ1n) is 10.6. The molecule has 0 aromatic rings. The SMILES string of the molecule is CC(C)[C@H]1CC[C@H]2[C@@H]3CC(=O)[C@@]4(O)C[C@@H](O)CC[C@]4(C)[C@H]3CC[C@]12C. The first-order valence-corrected chi connectivity index (χ1v) is 10.6. The van der Waals surface area contributed by atoms with Crippen LogP contribution in [-0.2, 0) is 4.79 Å². The summed E-state index contributed by atoms with van der Waals surface area (Å²) >= 11 is 0. The zero-order chi connectivity index (χ0) is 18.2. The fourth-order valence-corrected chi connectivity index (χ4v) is 8.16. The smallest absolute Gasteiger partial charge is 0.165 e. The lowest BCUT2D eigenvalue weighted by atomic mass is 9.42. The Bertz CT molecular complexity index is 572. The van der Waals surface area contributed by atoms with E-state index in [4.69, 9.17) is 0 Å². The highest BCUT2D eigenvalue weighted by molar-refractivity contribution is 5.89. The Hall–Kier alpha value is -0.410. The summed E-state index contributed by atoms with van der Waals surface area (Å²) in [5.74, 6) is 3.02. The summed E-state index contributed by atoms with van der Waals surface area (Å²) in [6.45, 7) is 9.37. The topological polar surface area (TPSA) is 57.5 Å². The number of aliphatic hydroxyl groups excluding tert-OH is 1. The average Bonchev–Trinajstić information content (AvgIpc) is 2.88. The second-order valence-electron chi connectivity index (χ2n) is 10.7. The van der Waals surface area contributed by atoms with Crippen LogP contribution in [0.4, 0.5) is 0 Å². The second kappa shape index (κ2) is 5.55. The average molecular weight is 349 g/mol. The number of hydrogen-bond donors (Lipinski definition) is 2.